The lowest BCUT2D eigenvalue weighted by molar-refractivity contribution is 0.0933. The van der Waals surface area contributed by atoms with E-state index in [1.54, 1.807) is 36.4 Å². The fourth-order valence-electron chi connectivity index (χ4n) is 2.36. The maximum Gasteiger partial charge on any atom is 0.297 e. The lowest BCUT2D eigenvalue weighted by Crippen LogP contribution is -2.24. The van der Waals surface area contributed by atoms with Crippen molar-refractivity contribution in [1.82, 2.24) is 0 Å². The summed E-state index contributed by atoms with van der Waals surface area (Å²) in [6.07, 6.45) is -0.697. The zero-order valence-electron chi connectivity index (χ0n) is 14.3. The maximum absolute atomic E-state index is 12.6. The molecule has 0 saturated heterocycles. The van der Waals surface area contributed by atoms with Crippen LogP contribution in [0.25, 0.3) is 0 Å². The van der Waals surface area contributed by atoms with E-state index in [2.05, 4.69) is 6.07 Å². The molecule has 0 aliphatic heterocycles. The van der Waals surface area contributed by atoms with Crippen LogP contribution in [0.1, 0.15) is 43.6 Å². The Morgan fingerprint density at radius 2 is 1.71 bits per heavy atom. The van der Waals surface area contributed by atoms with Gasteiger partial charge in [0.1, 0.15) is 6.10 Å². The SMILES string of the molecule is Cc1ccc(S(=O)(=O)OC(c2cccc(C#N)c2)C(C)(C)C)cc1. The van der Waals surface area contributed by atoms with E-state index in [-0.39, 0.29) is 4.90 Å². The van der Waals surface area contributed by atoms with Crippen molar-refractivity contribution in [2.24, 2.45) is 5.41 Å². The molecule has 0 spiro atoms. The van der Waals surface area contributed by atoms with Gasteiger partial charge >= 0.3 is 0 Å². The highest BCUT2D eigenvalue weighted by Gasteiger charge is 2.33. The van der Waals surface area contributed by atoms with Crippen LogP contribution in [-0.2, 0) is 14.3 Å². The summed E-state index contributed by atoms with van der Waals surface area (Å²) in [6, 6.07) is 15.5. The molecule has 2 aromatic carbocycles. The molecule has 0 N–H and O–H groups in total. The summed E-state index contributed by atoms with van der Waals surface area (Å²) < 4.78 is 30.9. The van der Waals surface area contributed by atoms with Crippen molar-refractivity contribution >= 4 is 10.1 Å². The maximum atomic E-state index is 12.6. The van der Waals surface area contributed by atoms with E-state index in [1.807, 2.05) is 27.7 Å². The van der Waals surface area contributed by atoms with Crippen molar-refractivity contribution in [3.8, 4) is 6.07 Å². The number of nitrogens with zero attached hydrogens (tertiary/aromatic N) is 1. The molecule has 5 heteroatoms. The first kappa shape index (κ1) is 18.2. The fraction of sp³-hybridized carbons (Fsp3) is 0.316. The second kappa shape index (κ2) is 6.76. The summed E-state index contributed by atoms with van der Waals surface area (Å²) in [5.41, 5.74) is 1.64. The van der Waals surface area contributed by atoms with Crippen LogP contribution in [0.4, 0.5) is 0 Å². The van der Waals surface area contributed by atoms with Crippen LogP contribution >= 0.6 is 0 Å². The summed E-state index contributed by atoms with van der Waals surface area (Å²) >= 11 is 0. The van der Waals surface area contributed by atoms with Gasteiger partial charge in [-0.25, -0.2) is 0 Å². The average molecular weight is 343 g/mol. The number of benzene rings is 2. The summed E-state index contributed by atoms with van der Waals surface area (Å²) in [5.74, 6) is 0. The molecule has 126 valence electrons. The predicted molar refractivity (Wildman–Crippen MR) is 92.8 cm³/mol. The predicted octanol–water partition coefficient (Wildman–Crippen LogP) is 4.36. The van der Waals surface area contributed by atoms with Crippen LogP contribution in [0.2, 0.25) is 0 Å². The number of rotatable bonds is 4. The molecule has 0 aromatic heterocycles. The third-order valence-electron chi connectivity index (χ3n) is 3.64. The van der Waals surface area contributed by atoms with Gasteiger partial charge in [-0.3, -0.25) is 4.18 Å². The second-order valence-electron chi connectivity index (χ2n) is 6.85. The van der Waals surface area contributed by atoms with Crippen LogP contribution in [0.5, 0.6) is 0 Å². The van der Waals surface area contributed by atoms with Crippen molar-refractivity contribution < 1.29 is 12.6 Å². The van der Waals surface area contributed by atoms with E-state index >= 15 is 0 Å². The Balaban J connectivity index is 2.43. The van der Waals surface area contributed by atoms with E-state index in [4.69, 9.17) is 9.44 Å². The highest BCUT2D eigenvalue weighted by molar-refractivity contribution is 7.86. The van der Waals surface area contributed by atoms with Gasteiger partial charge in [0.05, 0.1) is 16.5 Å². The molecule has 0 saturated carbocycles. The Bertz CT molecular complexity index is 857. The van der Waals surface area contributed by atoms with Crippen molar-refractivity contribution in [2.75, 3.05) is 0 Å². The zero-order chi connectivity index (χ0) is 18.0. The Morgan fingerprint density at radius 1 is 1.08 bits per heavy atom. The van der Waals surface area contributed by atoms with Crippen molar-refractivity contribution in [3.05, 3.63) is 65.2 Å². The highest BCUT2D eigenvalue weighted by atomic mass is 32.2. The van der Waals surface area contributed by atoms with E-state index in [1.165, 1.54) is 12.1 Å². The third kappa shape index (κ3) is 4.22. The van der Waals surface area contributed by atoms with E-state index in [0.29, 0.717) is 11.1 Å². The van der Waals surface area contributed by atoms with Gasteiger partial charge in [-0.1, -0.05) is 50.6 Å². The largest absolute Gasteiger partial charge is 0.297 e. The van der Waals surface area contributed by atoms with E-state index in [0.717, 1.165) is 5.56 Å². The Kier molecular flexibility index (Phi) is 5.12. The van der Waals surface area contributed by atoms with Gasteiger partial charge in [0, 0.05) is 0 Å². The van der Waals surface area contributed by atoms with Crippen LogP contribution in [0, 0.1) is 23.7 Å². The molecule has 2 aromatic rings. The van der Waals surface area contributed by atoms with Gasteiger partial charge in [0.25, 0.3) is 10.1 Å². The first-order valence-corrected chi connectivity index (χ1v) is 9.04. The van der Waals surface area contributed by atoms with Crippen LogP contribution in [0.15, 0.2) is 53.4 Å². The molecule has 0 heterocycles. The summed E-state index contributed by atoms with van der Waals surface area (Å²) in [4.78, 5) is 0.124. The molecule has 0 fully saturated rings. The fourth-order valence-corrected chi connectivity index (χ4v) is 3.59. The number of aryl methyl sites for hydroxylation is 1. The van der Waals surface area contributed by atoms with Crippen molar-refractivity contribution in [3.63, 3.8) is 0 Å². The lowest BCUT2D eigenvalue weighted by atomic mass is 9.84. The van der Waals surface area contributed by atoms with Gasteiger partial charge < -0.3 is 0 Å². The van der Waals surface area contributed by atoms with Gasteiger partial charge in [-0.05, 0) is 42.2 Å². The molecule has 2 rings (SSSR count). The van der Waals surface area contributed by atoms with Crippen LogP contribution in [0.3, 0.4) is 0 Å². The topological polar surface area (TPSA) is 67.2 Å². The molecule has 0 radical (unpaired) electrons. The molecule has 1 atom stereocenters. The van der Waals surface area contributed by atoms with E-state index < -0.39 is 21.6 Å². The third-order valence-corrected chi connectivity index (χ3v) is 4.93. The Morgan fingerprint density at radius 3 is 2.25 bits per heavy atom. The van der Waals surface area contributed by atoms with Crippen molar-refractivity contribution in [1.29, 1.82) is 5.26 Å². The molecule has 1 unspecified atom stereocenters. The van der Waals surface area contributed by atoms with Crippen molar-refractivity contribution in [2.45, 2.75) is 38.7 Å². The quantitative estimate of drug-likeness (QED) is 0.774. The molecular weight excluding hydrogens is 322 g/mol. The lowest BCUT2D eigenvalue weighted by Gasteiger charge is -2.30. The molecule has 4 nitrogen and oxygen atoms in total. The second-order valence-corrected chi connectivity index (χ2v) is 8.42. The van der Waals surface area contributed by atoms with Crippen LogP contribution < -0.4 is 0 Å². The molecule has 0 aliphatic carbocycles. The monoisotopic (exact) mass is 343 g/mol. The van der Waals surface area contributed by atoms with E-state index in [9.17, 15) is 8.42 Å². The standard InChI is InChI=1S/C19H21NO3S/c1-14-8-10-17(11-9-14)24(21,22)23-18(19(2,3)4)16-7-5-6-15(12-16)13-20/h5-12,18H,1-4H3. The summed E-state index contributed by atoms with van der Waals surface area (Å²) in [7, 11) is -3.91. The molecular formula is C19H21NO3S. The molecule has 0 amide bonds. The summed E-state index contributed by atoms with van der Waals surface area (Å²) in [6.45, 7) is 7.60. The minimum Gasteiger partial charge on any atom is -0.258 e. The number of hydrogen-bond acceptors (Lipinski definition) is 4. The Labute approximate surface area is 143 Å². The Hall–Kier alpha value is -2.16. The van der Waals surface area contributed by atoms with Crippen LogP contribution in [-0.4, -0.2) is 8.42 Å². The average Bonchev–Trinajstić information content (AvgIpc) is 2.52. The van der Waals surface area contributed by atoms with Gasteiger partial charge in [-0.15, -0.1) is 0 Å². The first-order chi connectivity index (χ1) is 11.1. The minimum atomic E-state index is -3.91. The number of hydrogen-bond donors (Lipinski definition) is 0. The van der Waals surface area contributed by atoms with Gasteiger partial charge in [0.2, 0.25) is 0 Å². The zero-order valence-corrected chi connectivity index (χ0v) is 15.1. The normalized spacial score (nSPS) is 13.3. The first-order valence-electron chi connectivity index (χ1n) is 7.63. The van der Waals surface area contributed by atoms with Gasteiger partial charge in [0.15, 0.2) is 0 Å². The smallest absolute Gasteiger partial charge is 0.258 e. The number of nitriles is 1. The minimum absolute atomic E-state index is 0.124. The highest BCUT2D eigenvalue weighted by Crippen LogP contribution is 2.38. The molecule has 0 bridgehead atoms. The van der Waals surface area contributed by atoms with Gasteiger partial charge in [-0.2, -0.15) is 13.7 Å². The molecule has 0 aliphatic rings. The summed E-state index contributed by atoms with van der Waals surface area (Å²) in [5, 5.41) is 9.07. The molecule has 24 heavy (non-hydrogen) atoms.